The lowest BCUT2D eigenvalue weighted by Crippen LogP contribution is -2.14. The molecule has 0 bridgehead atoms. The quantitative estimate of drug-likeness (QED) is 0.719. The SMILES string of the molecule is CC(Nc1c(Cl)cccc1C(F)(F)F)c1ccc(F)cc1. The van der Waals surface area contributed by atoms with Crippen molar-refractivity contribution in [2.24, 2.45) is 0 Å². The van der Waals surface area contributed by atoms with Gasteiger partial charge in [-0.25, -0.2) is 4.39 Å². The average molecular weight is 318 g/mol. The van der Waals surface area contributed by atoms with E-state index in [1.807, 2.05) is 0 Å². The predicted octanol–water partition coefficient (Wildman–Crippen LogP) is 5.67. The maximum atomic E-state index is 13.0. The number of rotatable bonds is 3. The Morgan fingerprint density at radius 1 is 1.05 bits per heavy atom. The lowest BCUT2D eigenvalue weighted by molar-refractivity contribution is -0.137. The highest BCUT2D eigenvalue weighted by Gasteiger charge is 2.34. The Kier molecular flexibility index (Phi) is 4.42. The molecule has 1 nitrogen and oxygen atoms in total. The van der Waals surface area contributed by atoms with Crippen LogP contribution in [0, 0.1) is 5.82 Å². The van der Waals surface area contributed by atoms with Crippen molar-refractivity contribution in [2.75, 3.05) is 5.32 Å². The Morgan fingerprint density at radius 3 is 2.24 bits per heavy atom. The van der Waals surface area contributed by atoms with Crippen molar-refractivity contribution in [3.63, 3.8) is 0 Å². The van der Waals surface area contributed by atoms with Gasteiger partial charge in [-0.2, -0.15) is 13.2 Å². The summed E-state index contributed by atoms with van der Waals surface area (Å²) in [5, 5.41) is 2.73. The number of halogens is 5. The smallest absolute Gasteiger partial charge is 0.377 e. The van der Waals surface area contributed by atoms with Crippen molar-refractivity contribution in [3.05, 3.63) is 64.4 Å². The Labute approximate surface area is 124 Å². The molecule has 0 aliphatic heterocycles. The summed E-state index contributed by atoms with van der Waals surface area (Å²) in [6.45, 7) is 1.68. The van der Waals surface area contributed by atoms with Crippen molar-refractivity contribution in [3.8, 4) is 0 Å². The molecular weight excluding hydrogens is 306 g/mol. The Hall–Kier alpha value is -1.75. The van der Waals surface area contributed by atoms with Gasteiger partial charge in [-0.3, -0.25) is 0 Å². The molecule has 0 saturated heterocycles. The molecule has 2 rings (SSSR count). The van der Waals surface area contributed by atoms with E-state index < -0.39 is 23.6 Å². The van der Waals surface area contributed by atoms with Crippen LogP contribution in [0.2, 0.25) is 5.02 Å². The molecule has 0 amide bonds. The molecule has 0 radical (unpaired) electrons. The van der Waals surface area contributed by atoms with E-state index in [2.05, 4.69) is 5.32 Å². The van der Waals surface area contributed by atoms with Gasteiger partial charge in [-0.15, -0.1) is 0 Å². The molecule has 6 heteroatoms. The zero-order valence-corrected chi connectivity index (χ0v) is 11.8. The molecule has 0 saturated carbocycles. The van der Waals surface area contributed by atoms with E-state index in [0.717, 1.165) is 6.07 Å². The number of para-hydroxylation sites is 1. The van der Waals surface area contributed by atoms with Gasteiger partial charge in [0.15, 0.2) is 0 Å². The fraction of sp³-hybridized carbons (Fsp3) is 0.200. The van der Waals surface area contributed by atoms with Crippen LogP contribution in [0.5, 0.6) is 0 Å². The molecule has 2 aromatic carbocycles. The molecule has 1 N–H and O–H groups in total. The average Bonchev–Trinajstić information content (AvgIpc) is 2.40. The minimum Gasteiger partial charge on any atom is -0.377 e. The van der Waals surface area contributed by atoms with Crippen molar-refractivity contribution in [2.45, 2.75) is 19.1 Å². The lowest BCUT2D eigenvalue weighted by Gasteiger charge is -2.20. The van der Waals surface area contributed by atoms with Crippen LogP contribution >= 0.6 is 11.6 Å². The maximum Gasteiger partial charge on any atom is 0.418 e. The van der Waals surface area contributed by atoms with E-state index in [9.17, 15) is 17.6 Å². The van der Waals surface area contributed by atoms with Crippen LogP contribution in [-0.2, 0) is 6.18 Å². The second kappa shape index (κ2) is 5.93. The van der Waals surface area contributed by atoms with E-state index in [1.165, 1.54) is 36.4 Å². The highest BCUT2D eigenvalue weighted by molar-refractivity contribution is 6.33. The lowest BCUT2D eigenvalue weighted by atomic mass is 10.1. The van der Waals surface area contributed by atoms with Crippen LogP contribution in [0.25, 0.3) is 0 Å². The summed E-state index contributed by atoms with van der Waals surface area (Å²) >= 11 is 5.87. The van der Waals surface area contributed by atoms with Crippen molar-refractivity contribution in [1.82, 2.24) is 0 Å². The molecule has 0 heterocycles. The van der Waals surface area contributed by atoms with Gasteiger partial charge in [-0.05, 0) is 36.8 Å². The van der Waals surface area contributed by atoms with Crippen LogP contribution in [0.4, 0.5) is 23.2 Å². The second-order valence-corrected chi connectivity index (χ2v) is 4.98. The summed E-state index contributed by atoms with van der Waals surface area (Å²) in [5.74, 6) is -0.403. The molecular formula is C15H12ClF4N. The van der Waals surface area contributed by atoms with E-state index in [4.69, 9.17) is 11.6 Å². The predicted molar refractivity (Wildman–Crippen MR) is 74.9 cm³/mol. The van der Waals surface area contributed by atoms with Crippen molar-refractivity contribution >= 4 is 17.3 Å². The molecule has 0 spiro atoms. The molecule has 0 aromatic heterocycles. The van der Waals surface area contributed by atoms with Gasteiger partial charge < -0.3 is 5.32 Å². The summed E-state index contributed by atoms with van der Waals surface area (Å²) in [6.07, 6.45) is -4.50. The topological polar surface area (TPSA) is 12.0 Å². The van der Waals surface area contributed by atoms with Crippen LogP contribution in [0.3, 0.4) is 0 Å². The molecule has 0 aliphatic rings. The van der Waals surface area contributed by atoms with Crippen molar-refractivity contribution in [1.29, 1.82) is 0 Å². The Balaban J connectivity index is 2.33. The van der Waals surface area contributed by atoms with Gasteiger partial charge >= 0.3 is 6.18 Å². The monoisotopic (exact) mass is 317 g/mol. The van der Waals surface area contributed by atoms with Crippen LogP contribution in [-0.4, -0.2) is 0 Å². The molecule has 1 unspecified atom stereocenters. The van der Waals surface area contributed by atoms with Crippen LogP contribution < -0.4 is 5.32 Å². The molecule has 1 atom stereocenters. The second-order valence-electron chi connectivity index (χ2n) is 4.58. The summed E-state index contributed by atoms with van der Waals surface area (Å²) in [4.78, 5) is 0. The Bertz CT molecular complexity index is 623. The first kappa shape index (κ1) is 15.6. The first-order valence-corrected chi connectivity index (χ1v) is 6.54. The molecule has 112 valence electrons. The minimum absolute atomic E-state index is 0.0150. The van der Waals surface area contributed by atoms with Gasteiger partial charge in [0.2, 0.25) is 0 Å². The van der Waals surface area contributed by atoms with E-state index >= 15 is 0 Å². The highest BCUT2D eigenvalue weighted by Crippen LogP contribution is 2.39. The number of anilines is 1. The fourth-order valence-electron chi connectivity index (χ4n) is 1.96. The largest absolute Gasteiger partial charge is 0.418 e. The number of hydrogen-bond acceptors (Lipinski definition) is 1. The normalized spacial score (nSPS) is 13.0. The summed E-state index contributed by atoms with van der Waals surface area (Å²) in [7, 11) is 0. The van der Waals surface area contributed by atoms with Gasteiger partial charge in [0, 0.05) is 6.04 Å². The summed E-state index contributed by atoms with van der Waals surface area (Å²) in [5.41, 5.74) is -0.350. The van der Waals surface area contributed by atoms with E-state index in [-0.39, 0.29) is 10.7 Å². The fourth-order valence-corrected chi connectivity index (χ4v) is 2.19. The van der Waals surface area contributed by atoms with Gasteiger partial charge in [-0.1, -0.05) is 29.8 Å². The van der Waals surface area contributed by atoms with Gasteiger partial charge in [0.05, 0.1) is 16.3 Å². The third kappa shape index (κ3) is 3.67. The summed E-state index contributed by atoms with van der Waals surface area (Å²) in [6, 6.07) is 8.68. The standard InChI is InChI=1S/C15H12ClF4N/c1-9(10-5-7-11(17)8-6-10)21-14-12(15(18,19)20)3-2-4-13(14)16/h2-9,21H,1H3. The number of hydrogen-bond donors (Lipinski definition) is 1. The van der Waals surface area contributed by atoms with E-state index in [0.29, 0.717) is 5.56 Å². The zero-order valence-electron chi connectivity index (χ0n) is 11.0. The van der Waals surface area contributed by atoms with E-state index in [1.54, 1.807) is 6.92 Å². The first-order valence-electron chi connectivity index (χ1n) is 6.16. The summed E-state index contributed by atoms with van der Waals surface area (Å²) < 4.78 is 51.8. The highest BCUT2D eigenvalue weighted by atomic mass is 35.5. The van der Waals surface area contributed by atoms with Gasteiger partial charge in [0.25, 0.3) is 0 Å². The third-order valence-corrected chi connectivity index (χ3v) is 3.36. The number of alkyl halides is 3. The third-order valence-electron chi connectivity index (χ3n) is 3.05. The zero-order chi connectivity index (χ0) is 15.6. The number of benzene rings is 2. The van der Waals surface area contributed by atoms with Crippen LogP contribution in [0.15, 0.2) is 42.5 Å². The molecule has 21 heavy (non-hydrogen) atoms. The molecule has 0 fully saturated rings. The number of nitrogens with one attached hydrogen (secondary N) is 1. The van der Waals surface area contributed by atoms with Crippen molar-refractivity contribution < 1.29 is 17.6 Å². The molecule has 2 aromatic rings. The minimum atomic E-state index is -4.50. The van der Waals surface area contributed by atoms with Crippen LogP contribution in [0.1, 0.15) is 24.1 Å². The molecule has 0 aliphatic carbocycles. The Morgan fingerprint density at radius 2 is 1.67 bits per heavy atom. The maximum absolute atomic E-state index is 13.0. The van der Waals surface area contributed by atoms with Gasteiger partial charge in [0.1, 0.15) is 5.82 Å². The first-order chi connectivity index (χ1) is 9.79.